The number of ether oxygens (including phenoxy) is 1. The van der Waals surface area contributed by atoms with Gasteiger partial charge in [-0.15, -0.1) is 0 Å². The number of hydrogen-bond donors (Lipinski definition) is 3. The summed E-state index contributed by atoms with van der Waals surface area (Å²) in [6.45, 7) is 0.854. The number of aliphatic hydroxyl groups is 2. The second kappa shape index (κ2) is 10.0. The molecular weight excluding hydrogens is 400 g/mol. The first-order valence-electron chi connectivity index (χ1n) is 9.83. The lowest BCUT2D eigenvalue weighted by atomic mass is 9.94. The number of methoxy groups -OCH3 is 1. The zero-order valence-electron chi connectivity index (χ0n) is 17.1. The number of hydrogen-bond acceptors (Lipinski definition) is 7. The molecule has 0 aliphatic carbocycles. The Kier molecular flexibility index (Phi) is 7.17. The Morgan fingerprint density at radius 1 is 1.03 bits per heavy atom. The number of rotatable bonds is 8. The van der Waals surface area contributed by atoms with Crippen molar-refractivity contribution >= 4 is 23.4 Å². The van der Waals surface area contributed by atoms with Crippen molar-refractivity contribution in [3.05, 3.63) is 76.9 Å². The highest BCUT2D eigenvalue weighted by Gasteiger charge is 2.45. The summed E-state index contributed by atoms with van der Waals surface area (Å²) in [6, 6.07) is 14.1. The van der Waals surface area contributed by atoms with Crippen LogP contribution in [0, 0.1) is 0 Å². The van der Waals surface area contributed by atoms with Crippen molar-refractivity contribution < 1.29 is 29.3 Å². The highest BCUT2D eigenvalue weighted by atomic mass is 16.5. The Morgan fingerprint density at radius 2 is 1.71 bits per heavy atom. The number of aliphatic hydroxyl groups excluding tert-OH is 2. The van der Waals surface area contributed by atoms with Crippen molar-refractivity contribution in [3.63, 3.8) is 0 Å². The average molecular weight is 424 g/mol. The number of esters is 1. The first kappa shape index (κ1) is 22.2. The van der Waals surface area contributed by atoms with Gasteiger partial charge in [0.25, 0.3) is 11.7 Å². The lowest BCUT2D eigenvalue weighted by molar-refractivity contribution is -0.139. The van der Waals surface area contributed by atoms with Crippen LogP contribution in [0.1, 0.15) is 27.5 Å². The quantitative estimate of drug-likeness (QED) is 0.193. The highest BCUT2D eigenvalue weighted by Crippen LogP contribution is 2.39. The zero-order chi connectivity index (χ0) is 22.4. The van der Waals surface area contributed by atoms with Crippen LogP contribution in [-0.4, -0.2) is 66.1 Å². The lowest BCUT2D eigenvalue weighted by Crippen LogP contribution is -2.36. The standard InChI is InChI=1S/C23H24N2O6/c1-31-23(30)17-9-7-15(8-10-17)19-18(20(27)16-5-3-2-4-6-16)21(28)22(29)25(19)13-11-24-12-14-26/h2-10,19,24,26-27H,11-14H2,1H3/b20-18-. The molecule has 1 aliphatic rings. The minimum Gasteiger partial charge on any atom is -0.507 e. The van der Waals surface area contributed by atoms with Crippen LogP contribution < -0.4 is 5.32 Å². The number of likely N-dealkylation sites (tertiary alicyclic amines) is 1. The number of carbonyl (C=O) groups is 3. The molecular formula is C23H24N2O6. The molecule has 1 saturated heterocycles. The summed E-state index contributed by atoms with van der Waals surface area (Å²) in [5, 5.41) is 22.8. The number of nitrogens with zero attached hydrogens (tertiary/aromatic N) is 1. The maximum Gasteiger partial charge on any atom is 0.337 e. The number of nitrogens with one attached hydrogen (secondary N) is 1. The Labute approximate surface area is 179 Å². The van der Waals surface area contributed by atoms with E-state index in [2.05, 4.69) is 5.32 Å². The summed E-state index contributed by atoms with van der Waals surface area (Å²) in [6.07, 6.45) is 0. The van der Waals surface area contributed by atoms with Gasteiger partial charge in [-0.1, -0.05) is 42.5 Å². The van der Waals surface area contributed by atoms with Crippen LogP contribution in [0.3, 0.4) is 0 Å². The van der Waals surface area contributed by atoms with Crippen LogP contribution in [0.15, 0.2) is 60.2 Å². The van der Waals surface area contributed by atoms with Crippen LogP contribution in [-0.2, 0) is 14.3 Å². The van der Waals surface area contributed by atoms with E-state index in [9.17, 15) is 19.5 Å². The Bertz CT molecular complexity index is 985. The topological polar surface area (TPSA) is 116 Å². The molecule has 3 N–H and O–H groups in total. The van der Waals surface area contributed by atoms with Crippen molar-refractivity contribution in [2.45, 2.75) is 6.04 Å². The summed E-state index contributed by atoms with van der Waals surface area (Å²) in [5.74, 6) is -2.25. The molecule has 31 heavy (non-hydrogen) atoms. The minimum absolute atomic E-state index is 0.0100. The third-order valence-corrected chi connectivity index (χ3v) is 5.05. The highest BCUT2D eigenvalue weighted by molar-refractivity contribution is 6.46. The van der Waals surface area contributed by atoms with E-state index in [0.29, 0.717) is 29.8 Å². The SMILES string of the molecule is COC(=O)c1ccc(C2/C(=C(/O)c3ccccc3)C(=O)C(=O)N2CCNCCO)cc1. The normalized spacial score (nSPS) is 17.7. The van der Waals surface area contributed by atoms with Gasteiger partial charge in [0, 0.05) is 25.2 Å². The lowest BCUT2D eigenvalue weighted by Gasteiger charge is -2.25. The first-order chi connectivity index (χ1) is 15.0. The molecule has 1 fully saturated rings. The molecule has 0 aromatic heterocycles. The van der Waals surface area contributed by atoms with Gasteiger partial charge in [-0.3, -0.25) is 9.59 Å². The van der Waals surface area contributed by atoms with Gasteiger partial charge < -0.3 is 25.2 Å². The largest absolute Gasteiger partial charge is 0.507 e. The fourth-order valence-corrected chi connectivity index (χ4v) is 3.53. The van der Waals surface area contributed by atoms with Crippen molar-refractivity contribution in [2.24, 2.45) is 0 Å². The average Bonchev–Trinajstić information content (AvgIpc) is 3.06. The second-order valence-corrected chi connectivity index (χ2v) is 6.95. The second-order valence-electron chi connectivity index (χ2n) is 6.95. The van der Waals surface area contributed by atoms with Crippen LogP contribution in [0.25, 0.3) is 5.76 Å². The Balaban J connectivity index is 2.05. The molecule has 1 aliphatic heterocycles. The van der Waals surface area contributed by atoms with E-state index in [-0.39, 0.29) is 24.5 Å². The molecule has 2 aromatic rings. The van der Waals surface area contributed by atoms with Crippen molar-refractivity contribution in [1.29, 1.82) is 0 Å². The molecule has 8 heteroatoms. The number of amides is 1. The van der Waals surface area contributed by atoms with Crippen molar-refractivity contribution in [3.8, 4) is 0 Å². The summed E-state index contributed by atoms with van der Waals surface area (Å²) in [7, 11) is 1.28. The summed E-state index contributed by atoms with van der Waals surface area (Å²) >= 11 is 0. The van der Waals surface area contributed by atoms with Gasteiger partial charge >= 0.3 is 5.97 Å². The molecule has 1 amide bonds. The van der Waals surface area contributed by atoms with Gasteiger partial charge in [0.05, 0.1) is 30.9 Å². The van der Waals surface area contributed by atoms with Gasteiger partial charge in [0.2, 0.25) is 0 Å². The van der Waals surface area contributed by atoms with E-state index in [1.807, 2.05) is 0 Å². The minimum atomic E-state index is -0.817. The molecule has 2 aromatic carbocycles. The van der Waals surface area contributed by atoms with E-state index < -0.39 is 23.7 Å². The molecule has 1 atom stereocenters. The maximum atomic E-state index is 12.9. The van der Waals surface area contributed by atoms with Crippen molar-refractivity contribution in [2.75, 3.05) is 33.4 Å². The maximum absolute atomic E-state index is 12.9. The molecule has 0 spiro atoms. The van der Waals surface area contributed by atoms with Crippen LogP contribution >= 0.6 is 0 Å². The van der Waals surface area contributed by atoms with E-state index in [0.717, 1.165) is 0 Å². The summed E-state index contributed by atoms with van der Waals surface area (Å²) in [4.78, 5) is 38.8. The Hall–Kier alpha value is -3.49. The smallest absolute Gasteiger partial charge is 0.337 e. The predicted molar refractivity (Wildman–Crippen MR) is 113 cm³/mol. The number of carbonyl (C=O) groups excluding carboxylic acids is 3. The molecule has 8 nitrogen and oxygen atoms in total. The van der Waals surface area contributed by atoms with Crippen LogP contribution in [0.5, 0.6) is 0 Å². The molecule has 1 unspecified atom stereocenters. The van der Waals surface area contributed by atoms with E-state index in [4.69, 9.17) is 9.84 Å². The number of Topliss-reactive ketones (excluding diaryl/α,β-unsaturated/α-hetero) is 1. The third kappa shape index (κ3) is 4.65. The first-order valence-corrected chi connectivity index (χ1v) is 9.83. The molecule has 0 saturated carbocycles. The predicted octanol–water partition coefficient (Wildman–Crippen LogP) is 1.48. The van der Waals surface area contributed by atoms with Gasteiger partial charge in [-0.25, -0.2) is 4.79 Å². The third-order valence-electron chi connectivity index (χ3n) is 5.05. The summed E-state index contributed by atoms with van der Waals surface area (Å²) in [5.41, 5.74) is 1.32. The summed E-state index contributed by atoms with van der Waals surface area (Å²) < 4.78 is 4.71. The van der Waals surface area contributed by atoms with E-state index >= 15 is 0 Å². The number of benzene rings is 2. The van der Waals surface area contributed by atoms with Crippen LogP contribution in [0.4, 0.5) is 0 Å². The molecule has 3 rings (SSSR count). The zero-order valence-corrected chi connectivity index (χ0v) is 17.1. The van der Waals surface area contributed by atoms with Gasteiger partial charge in [-0.2, -0.15) is 0 Å². The Morgan fingerprint density at radius 3 is 2.32 bits per heavy atom. The molecule has 0 radical (unpaired) electrons. The van der Waals surface area contributed by atoms with E-state index in [1.165, 1.54) is 12.0 Å². The molecule has 1 heterocycles. The number of ketones is 1. The van der Waals surface area contributed by atoms with E-state index in [1.54, 1.807) is 54.6 Å². The fraction of sp³-hybridized carbons (Fsp3) is 0.261. The monoisotopic (exact) mass is 424 g/mol. The van der Waals surface area contributed by atoms with Gasteiger partial charge in [0.1, 0.15) is 5.76 Å². The molecule has 162 valence electrons. The molecule has 0 bridgehead atoms. The van der Waals surface area contributed by atoms with Gasteiger partial charge in [-0.05, 0) is 17.7 Å². The van der Waals surface area contributed by atoms with Crippen LogP contribution in [0.2, 0.25) is 0 Å². The van der Waals surface area contributed by atoms with Crippen molar-refractivity contribution in [1.82, 2.24) is 10.2 Å². The fourth-order valence-electron chi connectivity index (χ4n) is 3.53. The van der Waals surface area contributed by atoms with Gasteiger partial charge in [0.15, 0.2) is 0 Å².